The third-order valence-corrected chi connectivity index (χ3v) is 4.79. The van der Waals surface area contributed by atoms with E-state index in [0.29, 0.717) is 6.61 Å². The van der Waals surface area contributed by atoms with Crippen LogP contribution >= 0.6 is 11.3 Å². The third kappa shape index (κ3) is 3.47. The van der Waals surface area contributed by atoms with Crippen molar-refractivity contribution in [2.75, 3.05) is 12.0 Å². The Morgan fingerprint density at radius 1 is 1.45 bits per heavy atom. The fourth-order valence-electron chi connectivity index (χ4n) is 2.62. The highest BCUT2D eigenvalue weighted by Crippen LogP contribution is 2.32. The van der Waals surface area contributed by atoms with Crippen LogP contribution in [0.2, 0.25) is 0 Å². The van der Waals surface area contributed by atoms with Crippen LogP contribution in [0.15, 0.2) is 29.4 Å². The minimum absolute atomic E-state index is 0.648. The first-order valence-electron chi connectivity index (χ1n) is 7.75. The van der Waals surface area contributed by atoms with Crippen LogP contribution in [-0.4, -0.2) is 17.8 Å². The van der Waals surface area contributed by atoms with E-state index < -0.39 is 0 Å². The first-order valence-corrected chi connectivity index (χ1v) is 8.57. The van der Waals surface area contributed by atoms with Crippen LogP contribution in [0.4, 0.5) is 5.13 Å². The number of fused-ring (bicyclic) bond motifs is 1. The molecule has 1 N–H and O–H groups in total. The molecule has 3 rings (SSSR count). The number of hydrazone groups is 1. The zero-order chi connectivity index (χ0) is 15.4. The molecule has 0 saturated carbocycles. The first kappa shape index (κ1) is 15.0. The molecule has 22 heavy (non-hydrogen) atoms. The largest absolute Gasteiger partial charge is 0.493 e. The maximum absolute atomic E-state index is 5.59. The molecule has 0 radical (unpaired) electrons. The van der Waals surface area contributed by atoms with Crippen LogP contribution in [-0.2, 0) is 12.8 Å². The Hall–Kier alpha value is -1.88. The molecular weight excluding hydrogens is 294 g/mol. The number of nitrogens with zero attached hydrogens (tertiary/aromatic N) is 2. The van der Waals surface area contributed by atoms with Gasteiger partial charge in [-0.3, -0.25) is 5.43 Å². The fourth-order valence-corrected chi connectivity index (χ4v) is 3.74. The van der Waals surface area contributed by atoms with E-state index in [-0.39, 0.29) is 0 Å². The highest BCUT2D eigenvalue weighted by molar-refractivity contribution is 7.15. The molecule has 0 unspecified atom stereocenters. The predicted molar refractivity (Wildman–Crippen MR) is 92.1 cm³/mol. The van der Waals surface area contributed by atoms with Crippen LogP contribution in [0.25, 0.3) is 0 Å². The van der Waals surface area contributed by atoms with Crippen molar-refractivity contribution in [2.24, 2.45) is 11.0 Å². The zero-order valence-corrected chi connectivity index (χ0v) is 13.8. The van der Waals surface area contributed by atoms with E-state index in [1.807, 2.05) is 31.2 Å². The van der Waals surface area contributed by atoms with Crippen molar-refractivity contribution in [1.29, 1.82) is 0 Å². The summed E-state index contributed by atoms with van der Waals surface area (Å²) < 4.78 is 5.59. The number of benzene rings is 1. The maximum atomic E-state index is 5.59. The van der Waals surface area contributed by atoms with Gasteiger partial charge in [-0.2, -0.15) is 5.10 Å². The lowest BCUT2D eigenvalue weighted by atomic mass is 9.93. The molecule has 1 aliphatic carbocycles. The molecule has 1 aliphatic rings. The Balaban J connectivity index is 1.68. The molecule has 5 heteroatoms. The molecule has 1 heterocycles. The van der Waals surface area contributed by atoms with Crippen LogP contribution in [0.3, 0.4) is 0 Å². The normalized spacial score (nSPS) is 17.5. The van der Waals surface area contributed by atoms with E-state index in [2.05, 4.69) is 22.4 Å². The fraction of sp³-hybridized carbons (Fsp3) is 0.412. The minimum Gasteiger partial charge on any atom is -0.493 e. The zero-order valence-electron chi connectivity index (χ0n) is 13.0. The Bertz CT molecular complexity index is 666. The molecule has 4 nitrogen and oxygen atoms in total. The Morgan fingerprint density at radius 2 is 2.32 bits per heavy atom. The molecule has 0 spiro atoms. The summed E-state index contributed by atoms with van der Waals surface area (Å²) in [6, 6.07) is 7.89. The van der Waals surface area contributed by atoms with Gasteiger partial charge in [0.2, 0.25) is 5.13 Å². The molecule has 0 saturated heterocycles. The number of ether oxygens (including phenoxy) is 1. The second-order valence-electron chi connectivity index (χ2n) is 5.58. The van der Waals surface area contributed by atoms with Gasteiger partial charge >= 0.3 is 0 Å². The smallest absolute Gasteiger partial charge is 0.203 e. The van der Waals surface area contributed by atoms with Gasteiger partial charge in [0.25, 0.3) is 0 Å². The second kappa shape index (κ2) is 6.92. The lowest BCUT2D eigenvalue weighted by molar-refractivity contribution is 0.340. The Morgan fingerprint density at radius 3 is 3.18 bits per heavy atom. The van der Waals surface area contributed by atoms with Gasteiger partial charge in [-0.25, -0.2) is 4.98 Å². The molecule has 0 fully saturated rings. The number of aryl methyl sites for hydroxylation is 1. The van der Waals surface area contributed by atoms with Gasteiger partial charge in [0.1, 0.15) is 5.75 Å². The van der Waals surface area contributed by atoms with Crippen molar-refractivity contribution in [2.45, 2.75) is 33.1 Å². The summed E-state index contributed by atoms with van der Waals surface area (Å²) in [5.74, 6) is 1.62. The molecule has 0 bridgehead atoms. The SMILES string of the molecule is CCOc1ccccc1/C=N/Nc1nc2c(s1)C[C@@H](C)CC2. The highest BCUT2D eigenvalue weighted by Gasteiger charge is 2.19. The quantitative estimate of drug-likeness (QED) is 0.667. The van der Waals surface area contributed by atoms with Gasteiger partial charge in [-0.1, -0.05) is 19.1 Å². The number of nitrogens with one attached hydrogen (secondary N) is 1. The first-order chi connectivity index (χ1) is 10.8. The van der Waals surface area contributed by atoms with E-state index in [1.165, 1.54) is 17.0 Å². The number of hydrogen-bond acceptors (Lipinski definition) is 5. The van der Waals surface area contributed by atoms with E-state index in [0.717, 1.165) is 35.2 Å². The van der Waals surface area contributed by atoms with Crippen molar-refractivity contribution >= 4 is 22.7 Å². The summed E-state index contributed by atoms with van der Waals surface area (Å²) in [4.78, 5) is 6.05. The third-order valence-electron chi connectivity index (χ3n) is 3.77. The minimum atomic E-state index is 0.648. The average Bonchev–Trinajstić information content (AvgIpc) is 2.91. The summed E-state index contributed by atoms with van der Waals surface area (Å²) in [5, 5.41) is 5.19. The number of hydrogen-bond donors (Lipinski definition) is 1. The summed E-state index contributed by atoms with van der Waals surface area (Å²) in [6.07, 6.45) is 5.26. The summed E-state index contributed by atoms with van der Waals surface area (Å²) >= 11 is 1.72. The van der Waals surface area contributed by atoms with Gasteiger partial charge in [-0.15, -0.1) is 11.3 Å². The second-order valence-corrected chi connectivity index (χ2v) is 6.66. The van der Waals surface area contributed by atoms with Crippen molar-refractivity contribution in [1.82, 2.24) is 4.98 Å². The monoisotopic (exact) mass is 315 g/mol. The molecule has 116 valence electrons. The van der Waals surface area contributed by atoms with Gasteiger partial charge < -0.3 is 4.74 Å². The van der Waals surface area contributed by atoms with Crippen LogP contribution in [0.1, 0.15) is 36.4 Å². The molecule has 0 amide bonds. The van der Waals surface area contributed by atoms with E-state index in [9.17, 15) is 0 Å². The molecule has 0 aliphatic heterocycles. The van der Waals surface area contributed by atoms with Gasteiger partial charge in [0.05, 0.1) is 18.5 Å². The lowest BCUT2D eigenvalue weighted by Crippen LogP contribution is -2.09. The summed E-state index contributed by atoms with van der Waals surface area (Å²) in [5.41, 5.74) is 5.27. The van der Waals surface area contributed by atoms with Gasteiger partial charge in [0.15, 0.2) is 0 Å². The highest BCUT2D eigenvalue weighted by atomic mass is 32.1. The van der Waals surface area contributed by atoms with Crippen LogP contribution < -0.4 is 10.2 Å². The van der Waals surface area contributed by atoms with Crippen molar-refractivity contribution in [3.63, 3.8) is 0 Å². The van der Waals surface area contributed by atoms with Crippen LogP contribution in [0, 0.1) is 5.92 Å². The van der Waals surface area contributed by atoms with Gasteiger partial charge in [0, 0.05) is 10.4 Å². The Kier molecular flexibility index (Phi) is 4.73. The number of thiazole rings is 1. The summed E-state index contributed by atoms with van der Waals surface area (Å²) in [7, 11) is 0. The average molecular weight is 315 g/mol. The number of rotatable bonds is 5. The van der Waals surface area contributed by atoms with Crippen molar-refractivity contribution < 1.29 is 4.74 Å². The molecule has 1 aromatic carbocycles. The maximum Gasteiger partial charge on any atom is 0.203 e. The van der Waals surface area contributed by atoms with Crippen LogP contribution in [0.5, 0.6) is 5.75 Å². The topological polar surface area (TPSA) is 46.5 Å². The van der Waals surface area contributed by atoms with Gasteiger partial charge in [-0.05, 0) is 44.2 Å². The molecule has 1 atom stereocenters. The number of anilines is 1. The standard InChI is InChI=1S/C17H21N3OS/c1-3-21-15-7-5-4-6-13(15)11-18-20-17-19-14-9-8-12(2)10-16(14)22-17/h4-7,11-12H,3,8-10H2,1-2H3,(H,19,20)/b18-11+/t12-/m0/s1. The van der Waals surface area contributed by atoms with E-state index in [4.69, 9.17) is 4.74 Å². The number of para-hydroxylation sites is 1. The van der Waals surface area contributed by atoms with E-state index >= 15 is 0 Å². The van der Waals surface area contributed by atoms with Crippen molar-refractivity contribution in [3.8, 4) is 5.75 Å². The lowest BCUT2D eigenvalue weighted by Gasteiger charge is -2.15. The summed E-state index contributed by atoms with van der Waals surface area (Å²) in [6.45, 7) is 4.93. The molecule has 1 aromatic heterocycles. The van der Waals surface area contributed by atoms with E-state index in [1.54, 1.807) is 17.6 Å². The predicted octanol–water partition coefficient (Wildman–Crippen LogP) is 4.11. The molecular formula is C17H21N3OS. The van der Waals surface area contributed by atoms with Crippen molar-refractivity contribution in [3.05, 3.63) is 40.4 Å². The molecule has 2 aromatic rings. The Labute approximate surface area is 135 Å². The number of aromatic nitrogens is 1.